The molecule has 0 fully saturated rings. The van der Waals surface area contributed by atoms with Crippen molar-refractivity contribution in [3.63, 3.8) is 0 Å². The van der Waals surface area contributed by atoms with Gasteiger partial charge >= 0.3 is 0 Å². The van der Waals surface area contributed by atoms with Crippen molar-refractivity contribution >= 4 is 40.5 Å². The summed E-state index contributed by atoms with van der Waals surface area (Å²) in [4.78, 5) is 26.8. The van der Waals surface area contributed by atoms with Crippen LogP contribution in [0, 0.1) is 6.92 Å². The number of rotatable bonds is 4. The number of benzene rings is 1. The number of aromatic carboxylic acids is 1. The first-order valence-electron chi connectivity index (χ1n) is 6.12. The van der Waals surface area contributed by atoms with E-state index >= 15 is 0 Å². The highest BCUT2D eigenvalue weighted by Gasteiger charge is 2.19. The molecule has 1 aromatic heterocycles. The van der Waals surface area contributed by atoms with Crippen LogP contribution in [-0.4, -0.2) is 16.9 Å². The van der Waals surface area contributed by atoms with Crippen molar-refractivity contribution in [3.8, 4) is 0 Å². The van der Waals surface area contributed by atoms with Crippen LogP contribution in [0.5, 0.6) is 0 Å². The van der Waals surface area contributed by atoms with Crippen LogP contribution in [0.1, 0.15) is 33.9 Å². The fourth-order valence-corrected chi connectivity index (χ4v) is 2.68. The number of nitrogens with one attached hydrogen (secondary N) is 1. The Morgan fingerprint density at radius 1 is 1.43 bits per heavy atom. The number of thiazole rings is 1. The summed E-state index contributed by atoms with van der Waals surface area (Å²) in [5.74, 6) is -2.20. The SMILES string of the molecule is Cc1ccc(Cl)cc1NC(=O)[C@H](C)c1nc(C(=O)[O-])cs1. The van der Waals surface area contributed by atoms with E-state index in [-0.39, 0.29) is 11.6 Å². The van der Waals surface area contributed by atoms with Crippen LogP contribution in [0.3, 0.4) is 0 Å². The molecule has 0 radical (unpaired) electrons. The minimum absolute atomic E-state index is 0.159. The number of carboxylic acids is 1. The molecule has 7 heteroatoms. The number of anilines is 1. The molecule has 1 aromatic carbocycles. The third-order valence-electron chi connectivity index (χ3n) is 2.95. The molecule has 0 unspecified atom stereocenters. The Bertz CT molecular complexity index is 699. The van der Waals surface area contributed by atoms with E-state index in [2.05, 4.69) is 10.3 Å². The zero-order chi connectivity index (χ0) is 15.6. The van der Waals surface area contributed by atoms with E-state index in [0.717, 1.165) is 16.9 Å². The van der Waals surface area contributed by atoms with Crippen LogP contribution >= 0.6 is 22.9 Å². The highest BCUT2D eigenvalue weighted by Crippen LogP contribution is 2.24. The number of aromatic nitrogens is 1. The van der Waals surface area contributed by atoms with Crippen molar-refractivity contribution in [2.24, 2.45) is 0 Å². The molecule has 1 atom stereocenters. The molecule has 1 heterocycles. The topological polar surface area (TPSA) is 82.1 Å². The maximum atomic E-state index is 12.2. The maximum absolute atomic E-state index is 12.2. The molecule has 0 spiro atoms. The smallest absolute Gasteiger partial charge is 0.234 e. The van der Waals surface area contributed by atoms with Crippen LogP contribution in [-0.2, 0) is 4.79 Å². The van der Waals surface area contributed by atoms with Gasteiger partial charge in [-0.2, -0.15) is 0 Å². The molecule has 2 aromatic rings. The summed E-state index contributed by atoms with van der Waals surface area (Å²) in [7, 11) is 0. The van der Waals surface area contributed by atoms with Gasteiger partial charge in [-0.1, -0.05) is 17.7 Å². The Morgan fingerprint density at radius 3 is 2.76 bits per heavy atom. The Balaban J connectivity index is 2.15. The molecule has 0 saturated heterocycles. The van der Waals surface area contributed by atoms with Crippen molar-refractivity contribution < 1.29 is 14.7 Å². The minimum Gasteiger partial charge on any atom is -0.543 e. The number of hydrogen-bond acceptors (Lipinski definition) is 5. The van der Waals surface area contributed by atoms with Crippen LogP contribution in [0.25, 0.3) is 0 Å². The molecule has 0 aliphatic rings. The van der Waals surface area contributed by atoms with Gasteiger partial charge < -0.3 is 15.2 Å². The van der Waals surface area contributed by atoms with E-state index in [1.165, 1.54) is 5.38 Å². The van der Waals surface area contributed by atoms with E-state index in [9.17, 15) is 14.7 Å². The third kappa shape index (κ3) is 3.59. The number of amides is 1. The summed E-state index contributed by atoms with van der Waals surface area (Å²) in [6.45, 7) is 3.52. The largest absolute Gasteiger partial charge is 0.543 e. The standard InChI is InChI=1S/C14H13ClN2O3S/c1-7-3-4-9(15)5-10(7)16-12(18)8(2)13-17-11(6-21-13)14(19)20/h3-6,8H,1-2H3,(H,16,18)(H,19,20)/p-1/t8-/m0/s1. The van der Waals surface area contributed by atoms with E-state index in [1.54, 1.807) is 25.1 Å². The van der Waals surface area contributed by atoms with Crippen molar-refractivity contribution in [1.29, 1.82) is 0 Å². The monoisotopic (exact) mass is 323 g/mol. The third-order valence-corrected chi connectivity index (χ3v) is 4.21. The zero-order valence-electron chi connectivity index (χ0n) is 11.3. The van der Waals surface area contributed by atoms with Gasteiger partial charge in [-0.25, -0.2) is 4.98 Å². The Hall–Kier alpha value is -1.92. The van der Waals surface area contributed by atoms with Crippen LogP contribution in [0.2, 0.25) is 5.02 Å². The van der Waals surface area contributed by atoms with Gasteiger partial charge in [-0.15, -0.1) is 11.3 Å². The Kier molecular flexibility index (Phi) is 4.59. The van der Waals surface area contributed by atoms with Crippen LogP contribution < -0.4 is 10.4 Å². The first-order chi connectivity index (χ1) is 9.88. The summed E-state index contributed by atoms with van der Waals surface area (Å²) in [6.07, 6.45) is 0. The summed E-state index contributed by atoms with van der Waals surface area (Å²) in [5.41, 5.74) is 1.35. The fourth-order valence-electron chi connectivity index (χ4n) is 1.66. The maximum Gasteiger partial charge on any atom is 0.234 e. The Morgan fingerprint density at radius 2 is 2.14 bits per heavy atom. The molecule has 1 amide bonds. The number of carboxylic acid groups (broad SMARTS) is 1. The van der Waals surface area contributed by atoms with Gasteiger partial charge in [0, 0.05) is 16.1 Å². The number of aryl methyl sites for hydroxylation is 1. The predicted molar refractivity (Wildman–Crippen MR) is 79.7 cm³/mol. The first kappa shape index (κ1) is 15.5. The summed E-state index contributed by atoms with van der Waals surface area (Å²) in [5, 5.41) is 15.8. The number of carbonyl (C=O) groups is 2. The molecule has 110 valence electrons. The summed E-state index contributed by atoms with van der Waals surface area (Å²) in [6, 6.07) is 5.21. The number of halogens is 1. The average molecular weight is 324 g/mol. The number of nitrogens with zero attached hydrogens (tertiary/aromatic N) is 1. The lowest BCUT2D eigenvalue weighted by atomic mass is 10.1. The van der Waals surface area contributed by atoms with Gasteiger partial charge in [-0.05, 0) is 31.5 Å². The van der Waals surface area contributed by atoms with Gasteiger partial charge in [0.25, 0.3) is 0 Å². The molecular formula is C14H12ClN2O3S-. The van der Waals surface area contributed by atoms with Crippen molar-refractivity contribution in [2.75, 3.05) is 5.32 Å². The zero-order valence-corrected chi connectivity index (χ0v) is 12.9. The van der Waals surface area contributed by atoms with E-state index < -0.39 is 11.9 Å². The van der Waals surface area contributed by atoms with E-state index in [4.69, 9.17) is 11.6 Å². The van der Waals surface area contributed by atoms with Gasteiger partial charge in [0.15, 0.2) is 0 Å². The molecule has 1 N–H and O–H groups in total. The van der Waals surface area contributed by atoms with E-state index in [0.29, 0.717) is 15.7 Å². The quantitative estimate of drug-likeness (QED) is 0.935. The van der Waals surface area contributed by atoms with Crippen LogP contribution in [0.15, 0.2) is 23.6 Å². The van der Waals surface area contributed by atoms with E-state index in [1.807, 2.05) is 6.92 Å². The minimum atomic E-state index is -1.35. The highest BCUT2D eigenvalue weighted by molar-refractivity contribution is 7.10. The second-order valence-electron chi connectivity index (χ2n) is 4.53. The van der Waals surface area contributed by atoms with Gasteiger partial charge in [-0.3, -0.25) is 4.79 Å². The summed E-state index contributed by atoms with van der Waals surface area (Å²) >= 11 is 7.01. The highest BCUT2D eigenvalue weighted by atomic mass is 35.5. The fraction of sp³-hybridized carbons (Fsp3) is 0.214. The summed E-state index contributed by atoms with van der Waals surface area (Å²) < 4.78 is 0. The lowest BCUT2D eigenvalue weighted by Gasteiger charge is -2.12. The second-order valence-corrected chi connectivity index (χ2v) is 5.85. The lowest BCUT2D eigenvalue weighted by molar-refractivity contribution is -0.255. The second kappa shape index (κ2) is 6.24. The predicted octanol–water partition coefficient (Wildman–Crippen LogP) is 2.21. The number of hydrogen-bond donors (Lipinski definition) is 1. The van der Waals surface area contributed by atoms with Gasteiger partial charge in [0.1, 0.15) is 5.01 Å². The average Bonchev–Trinajstić information content (AvgIpc) is 2.91. The molecule has 0 saturated carbocycles. The van der Waals surface area contributed by atoms with Gasteiger partial charge in [0.2, 0.25) is 5.91 Å². The van der Waals surface area contributed by atoms with Crippen molar-refractivity contribution in [1.82, 2.24) is 4.98 Å². The van der Waals surface area contributed by atoms with Crippen molar-refractivity contribution in [3.05, 3.63) is 44.9 Å². The molecular weight excluding hydrogens is 312 g/mol. The molecule has 0 bridgehead atoms. The molecule has 5 nitrogen and oxygen atoms in total. The molecule has 0 aliphatic carbocycles. The molecule has 0 aliphatic heterocycles. The number of carbonyl (C=O) groups excluding carboxylic acids is 2. The molecule has 21 heavy (non-hydrogen) atoms. The van der Waals surface area contributed by atoms with Gasteiger partial charge in [0.05, 0.1) is 17.6 Å². The Labute approximate surface area is 130 Å². The normalized spacial score (nSPS) is 12.0. The van der Waals surface area contributed by atoms with Crippen LogP contribution in [0.4, 0.5) is 5.69 Å². The molecule has 2 rings (SSSR count). The lowest BCUT2D eigenvalue weighted by Crippen LogP contribution is -2.23. The first-order valence-corrected chi connectivity index (χ1v) is 7.38. The van der Waals surface area contributed by atoms with Crippen molar-refractivity contribution in [2.45, 2.75) is 19.8 Å².